The average molecular weight is 147 g/mol. The summed E-state index contributed by atoms with van der Waals surface area (Å²) < 4.78 is 0. The van der Waals surface area contributed by atoms with Crippen LogP contribution in [0.25, 0.3) is 11.1 Å². The van der Waals surface area contributed by atoms with Gasteiger partial charge in [0.1, 0.15) is 0 Å². The molecule has 0 fully saturated rings. The van der Waals surface area contributed by atoms with Crippen molar-refractivity contribution in [2.24, 2.45) is 0 Å². The van der Waals surface area contributed by atoms with Gasteiger partial charge in [0.15, 0.2) is 5.88 Å². The minimum Gasteiger partial charge on any atom is -0.494 e. The standard InChI is InChI=1S/C9H9NO/c1-6-5-7-3-2-4-8(7)9(11)10-6/h2-5,10-11H,1H3. The second kappa shape index (κ2) is 2.02. The molecule has 0 aromatic carbocycles. The van der Waals surface area contributed by atoms with Crippen LogP contribution in [0.2, 0.25) is 0 Å². The van der Waals surface area contributed by atoms with Crippen molar-refractivity contribution >= 4 is 0 Å². The SMILES string of the molecule is Cc1cc2cccc-2c(O)[nH]1. The average Bonchev–Trinajstić information content (AvgIpc) is 2.34. The number of aromatic hydroxyl groups is 1. The fourth-order valence-corrected chi connectivity index (χ4v) is 1.30. The highest BCUT2D eigenvalue weighted by atomic mass is 16.3. The summed E-state index contributed by atoms with van der Waals surface area (Å²) in [5.74, 6) is 0.255. The van der Waals surface area contributed by atoms with Crippen LogP contribution >= 0.6 is 0 Å². The zero-order valence-electron chi connectivity index (χ0n) is 6.26. The zero-order valence-corrected chi connectivity index (χ0v) is 6.26. The van der Waals surface area contributed by atoms with Gasteiger partial charge < -0.3 is 10.1 Å². The lowest BCUT2D eigenvalue weighted by molar-refractivity contribution is 0.454. The third-order valence-electron chi connectivity index (χ3n) is 1.79. The Balaban J connectivity index is 2.79. The van der Waals surface area contributed by atoms with E-state index in [9.17, 15) is 5.11 Å². The van der Waals surface area contributed by atoms with Crippen LogP contribution in [0, 0.1) is 6.92 Å². The third kappa shape index (κ3) is 0.871. The minimum atomic E-state index is 0.255. The molecule has 11 heavy (non-hydrogen) atoms. The van der Waals surface area contributed by atoms with E-state index in [0.717, 1.165) is 16.8 Å². The number of aryl methyl sites for hydroxylation is 1. The minimum absolute atomic E-state index is 0.255. The van der Waals surface area contributed by atoms with Crippen molar-refractivity contribution in [3.63, 3.8) is 0 Å². The number of hydrogen-bond acceptors (Lipinski definition) is 1. The fourth-order valence-electron chi connectivity index (χ4n) is 1.30. The predicted molar refractivity (Wildman–Crippen MR) is 43.8 cm³/mol. The molecule has 2 rings (SSSR count). The summed E-state index contributed by atoms with van der Waals surface area (Å²) >= 11 is 0. The molecule has 1 aliphatic heterocycles. The van der Waals surface area contributed by atoms with Crippen LogP contribution in [-0.2, 0) is 0 Å². The highest BCUT2D eigenvalue weighted by molar-refractivity contribution is 5.71. The molecule has 1 heterocycles. The molecule has 2 aliphatic rings. The molecule has 1 aliphatic carbocycles. The summed E-state index contributed by atoms with van der Waals surface area (Å²) in [6, 6.07) is 7.81. The molecule has 0 aromatic heterocycles. The smallest absolute Gasteiger partial charge is 0.196 e. The molecule has 0 unspecified atom stereocenters. The number of nitrogens with one attached hydrogen (secondary N) is 1. The normalized spacial score (nSPS) is 10.6. The van der Waals surface area contributed by atoms with E-state index in [-0.39, 0.29) is 5.88 Å². The van der Waals surface area contributed by atoms with Crippen LogP contribution in [0.3, 0.4) is 0 Å². The number of pyridine rings is 1. The Hall–Kier alpha value is -1.44. The van der Waals surface area contributed by atoms with Gasteiger partial charge in [0.2, 0.25) is 0 Å². The van der Waals surface area contributed by atoms with Crippen LogP contribution in [0.5, 0.6) is 5.88 Å². The summed E-state index contributed by atoms with van der Waals surface area (Å²) in [4.78, 5) is 2.85. The van der Waals surface area contributed by atoms with E-state index in [2.05, 4.69) is 4.98 Å². The topological polar surface area (TPSA) is 36.0 Å². The predicted octanol–water partition coefficient (Wildman–Crippen LogP) is 2.13. The van der Waals surface area contributed by atoms with Crippen molar-refractivity contribution in [3.05, 3.63) is 30.0 Å². The number of fused-ring (bicyclic) bond motifs is 1. The van der Waals surface area contributed by atoms with Crippen molar-refractivity contribution < 1.29 is 5.11 Å². The van der Waals surface area contributed by atoms with Crippen LogP contribution in [0.1, 0.15) is 5.69 Å². The van der Waals surface area contributed by atoms with Gasteiger partial charge in [0.25, 0.3) is 0 Å². The number of H-pyrrole nitrogens is 1. The Kier molecular flexibility index (Phi) is 1.15. The van der Waals surface area contributed by atoms with E-state index < -0.39 is 0 Å². The molecule has 0 saturated carbocycles. The van der Waals surface area contributed by atoms with Crippen molar-refractivity contribution in [1.82, 2.24) is 4.98 Å². The molecule has 2 nitrogen and oxygen atoms in total. The number of rotatable bonds is 0. The van der Waals surface area contributed by atoms with Crippen LogP contribution in [0.4, 0.5) is 0 Å². The van der Waals surface area contributed by atoms with Gasteiger partial charge in [0, 0.05) is 11.3 Å². The molecule has 0 aromatic rings. The molecule has 56 valence electrons. The van der Waals surface area contributed by atoms with Gasteiger partial charge in [0.05, 0.1) is 0 Å². The Morgan fingerprint density at radius 3 is 3.00 bits per heavy atom. The Labute approximate surface area is 64.8 Å². The maximum Gasteiger partial charge on any atom is 0.196 e. The highest BCUT2D eigenvalue weighted by Crippen LogP contribution is 2.30. The number of aromatic nitrogens is 1. The number of hydrogen-bond donors (Lipinski definition) is 2. The van der Waals surface area contributed by atoms with Crippen molar-refractivity contribution in [2.45, 2.75) is 6.92 Å². The molecular weight excluding hydrogens is 138 g/mol. The van der Waals surface area contributed by atoms with Crippen LogP contribution in [-0.4, -0.2) is 10.1 Å². The second-order valence-corrected chi connectivity index (χ2v) is 2.70. The van der Waals surface area contributed by atoms with E-state index >= 15 is 0 Å². The van der Waals surface area contributed by atoms with Crippen LogP contribution < -0.4 is 0 Å². The van der Waals surface area contributed by atoms with E-state index in [1.165, 1.54) is 0 Å². The van der Waals surface area contributed by atoms with E-state index in [4.69, 9.17) is 0 Å². The largest absolute Gasteiger partial charge is 0.494 e. The maximum atomic E-state index is 9.39. The number of aromatic amines is 1. The molecule has 0 bridgehead atoms. The summed E-state index contributed by atoms with van der Waals surface area (Å²) in [7, 11) is 0. The van der Waals surface area contributed by atoms with E-state index in [1.807, 2.05) is 31.2 Å². The molecule has 0 atom stereocenters. The van der Waals surface area contributed by atoms with Gasteiger partial charge in [-0.2, -0.15) is 0 Å². The van der Waals surface area contributed by atoms with Gasteiger partial charge in [-0.05, 0) is 24.6 Å². The summed E-state index contributed by atoms with van der Waals surface area (Å²) in [6.45, 7) is 1.92. The first-order valence-corrected chi connectivity index (χ1v) is 3.54. The molecule has 0 amide bonds. The van der Waals surface area contributed by atoms with Gasteiger partial charge >= 0.3 is 0 Å². The van der Waals surface area contributed by atoms with Crippen molar-refractivity contribution in [1.29, 1.82) is 0 Å². The fraction of sp³-hybridized carbons (Fsp3) is 0.111. The molecule has 0 spiro atoms. The second-order valence-electron chi connectivity index (χ2n) is 2.70. The van der Waals surface area contributed by atoms with E-state index in [1.54, 1.807) is 0 Å². The first kappa shape index (κ1) is 6.28. The lowest BCUT2D eigenvalue weighted by atomic mass is 10.1. The summed E-state index contributed by atoms with van der Waals surface area (Å²) in [6.07, 6.45) is 0. The van der Waals surface area contributed by atoms with E-state index in [0.29, 0.717) is 0 Å². The van der Waals surface area contributed by atoms with Crippen molar-refractivity contribution in [3.8, 4) is 17.0 Å². The Morgan fingerprint density at radius 2 is 2.18 bits per heavy atom. The van der Waals surface area contributed by atoms with Gasteiger partial charge in [-0.15, -0.1) is 0 Å². The molecular formula is C9H9NO. The highest BCUT2D eigenvalue weighted by Gasteiger charge is 2.06. The lowest BCUT2D eigenvalue weighted by Gasteiger charge is -2.03. The lowest BCUT2D eigenvalue weighted by Crippen LogP contribution is -1.84. The van der Waals surface area contributed by atoms with Crippen LogP contribution in [0.15, 0.2) is 24.3 Å². The summed E-state index contributed by atoms with van der Waals surface area (Å²) in [5, 5.41) is 9.39. The monoisotopic (exact) mass is 147 g/mol. The van der Waals surface area contributed by atoms with Crippen molar-refractivity contribution in [2.75, 3.05) is 0 Å². The van der Waals surface area contributed by atoms with Gasteiger partial charge in [-0.25, -0.2) is 0 Å². The maximum absolute atomic E-state index is 9.39. The molecule has 0 saturated heterocycles. The molecule has 2 N–H and O–H groups in total. The Bertz CT molecular complexity index is 351. The van der Waals surface area contributed by atoms with Gasteiger partial charge in [-0.1, -0.05) is 12.1 Å². The quantitative estimate of drug-likeness (QED) is 0.588. The first-order valence-electron chi connectivity index (χ1n) is 3.54. The molecule has 2 heteroatoms. The first-order chi connectivity index (χ1) is 5.27. The molecule has 0 radical (unpaired) electrons. The summed E-state index contributed by atoms with van der Waals surface area (Å²) in [5.41, 5.74) is 2.94. The van der Waals surface area contributed by atoms with Gasteiger partial charge in [-0.3, -0.25) is 0 Å². The Morgan fingerprint density at radius 1 is 1.36 bits per heavy atom. The third-order valence-corrected chi connectivity index (χ3v) is 1.79. The zero-order chi connectivity index (χ0) is 7.84.